The van der Waals surface area contributed by atoms with E-state index in [9.17, 15) is 5.26 Å². The van der Waals surface area contributed by atoms with Gasteiger partial charge in [0, 0.05) is 30.6 Å². The van der Waals surface area contributed by atoms with Gasteiger partial charge in [0.05, 0.1) is 41.4 Å². The van der Waals surface area contributed by atoms with E-state index in [1.54, 1.807) is 0 Å². The van der Waals surface area contributed by atoms with Crippen molar-refractivity contribution in [2.45, 2.75) is 78.5 Å². The number of nitrogen functional groups attached to an aromatic ring is 1. The number of likely N-dealkylation sites (N-methyl/N-ethyl adjacent to an activating group) is 1. The van der Waals surface area contributed by atoms with Gasteiger partial charge in [-0.2, -0.15) is 10.4 Å². The van der Waals surface area contributed by atoms with Crippen LogP contribution in [0.1, 0.15) is 68.9 Å². The second kappa shape index (κ2) is 12.6. The summed E-state index contributed by atoms with van der Waals surface area (Å²) in [5.74, 6) is 2.44. The highest BCUT2D eigenvalue weighted by Gasteiger charge is 2.31. The molecule has 0 bridgehead atoms. The summed E-state index contributed by atoms with van der Waals surface area (Å²) >= 11 is 1.44. The number of hydrogen-bond donors (Lipinski definition) is 1. The zero-order valence-electron chi connectivity index (χ0n) is 25.6. The summed E-state index contributed by atoms with van der Waals surface area (Å²) in [5.41, 5.74) is 9.49. The smallest absolute Gasteiger partial charge is 0.186 e. The molecule has 2 unspecified atom stereocenters. The standard InChI is InChI=1S/C31H41N9O2S/c1-5-9-24-25(21(14-32)28(33)43-24)27-23(18-41-6-2)26(37-42-27)29-35-30(39-13-7-10-19(3)16-39)22-15-34-40(31(22)36-29)17-20-11-8-12-38(20)4/h15,19-20H,5-13,16-18,33H2,1-4H3. The highest BCUT2D eigenvalue weighted by molar-refractivity contribution is 7.16. The Morgan fingerprint density at radius 3 is 2.77 bits per heavy atom. The first kappa shape index (κ1) is 29.5. The van der Waals surface area contributed by atoms with Crippen LogP contribution in [0.5, 0.6) is 0 Å². The Morgan fingerprint density at radius 1 is 1.21 bits per heavy atom. The minimum absolute atomic E-state index is 0.250. The number of aryl methyl sites for hydroxylation is 1. The van der Waals surface area contributed by atoms with Gasteiger partial charge in [0.15, 0.2) is 22.9 Å². The molecule has 11 nitrogen and oxygen atoms in total. The largest absolute Gasteiger partial charge is 0.389 e. The molecule has 0 aromatic carbocycles. The monoisotopic (exact) mass is 603 g/mol. The van der Waals surface area contributed by atoms with Crippen LogP contribution in [0.25, 0.3) is 33.9 Å². The molecule has 2 saturated heterocycles. The SMILES string of the molecule is CCCc1sc(N)c(C#N)c1-c1onc(-c2nc(N3CCCC(C)C3)c3cnn(CC4CCCN4C)c3n2)c1COCC. The van der Waals surface area contributed by atoms with Crippen LogP contribution < -0.4 is 10.6 Å². The van der Waals surface area contributed by atoms with Gasteiger partial charge in [0.1, 0.15) is 16.9 Å². The summed E-state index contributed by atoms with van der Waals surface area (Å²) in [6.45, 7) is 10.8. The fraction of sp³-hybridized carbons (Fsp3) is 0.581. The number of anilines is 2. The van der Waals surface area contributed by atoms with Gasteiger partial charge in [0.25, 0.3) is 0 Å². The van der Waals surface area contributed by atoms with E-state index in [-0.39, 0.29) is 6.61 Å². The van der Waals surface area contributed by atoms with Crippen molar-refractivity contribution >= 4 is 33.2 Å². The van der Waals surface area contributed by atoms with Crippen molar-refractivity contribution in [3.63, 3.8) is 0 Å². The number of likely N-dealkylation sites (tertiary alicyclic amines) is 1. The number of thiophene rings is 1. The zero-order valence-corrected chi connectivity index (χ0v) is 26.4. The van der Waals surface area contributed by atoms with Crippen LogP contribution in [0.4, 0.5) is 10.8 Å². The van der Waals surface area contributed by atoms with E-state index >= 15 is 0 Å². The normalized spacial score (nSPS) is 19.5. The maximum absolute atomic E-state index is 10.0. The molecule has 2 fully saturated rings. The Bertz CT molecular complexity index is 1630. The maximum atomic E-state index is 10.0. The first-order valence-corrected chi connectivity index (χ1v) is 16.3. The fourth-order valence-electron chi connectivity index (χ4n) is 6.48. The Labute approximate surface area is 256 Å². The lowest BCUT2D eigenvalue weighted by molar-refractivity contribution is 0.134. The minimum atomic E-state index is 0.250. The molecule has 0 amide bonds. The van der Waals surface area contributed by atoms with E-state index in [0.29, 0.717) is 52.0 Å². The Kier molecular flexibility index (Phi) is 8.66. The Balaban J connectivity index is 1.52. The van der Waals surface area contributed by atoms with Gasteiger partial charge in [-0.05, 0) is 58.5 Å². The number of fused-ring (bicyclic) bond motifs is 1. The lowest BCUT2D eigenvalue weighted by atomic mass is 10.00. The first-order valence-electron chi connectivity index (χ1n) is 15.5. The van der Waals surface area contributed by atoms with E-state index in [1.807, 2.05) is 17.8 Å². The Hall–Kier alpha value is -3.53. The van der Waals surface area contributed by atoms with Gasteiger partial charge in [-0.25, -0.2) is 14.6 Å². The molecule has 6 heterocycles. The van der Waals surface area contributed by atoms with Gasteiger partial charge in [-0.3, -0.25) is 0 Å². The van der Waals surface area contributed by atoms with Gasteiger partial charge in [-0.15, -0.1) is 11.3 Å². The van der Waals surface area contributed by atoms with Crippen molar-refractivity contribution in [2.24, 2.45) is 5.92 Å². The summed E-state index contributed by atoms with van der Waals surface area (Å²) in [6, 6.07) is 2.71. The highest BCUT2D eigenvalue weighted by Crippen LogP contribution is 2.43. The van der Waals surface area contributed by atoms with Gasteiger partial charge in [0.2, 0.25) is 0 Å². The summed E-state index contributed by atoms with van der Waals surface area (Å²) in [5, 5.41) is 20.9. The minimum Gasteiger partial charge on any atom is -0.389 e. The second-order valence-electron chi connectivity index (χ2n) is 11.9. The van der Waals surface area contributed by atoms with Crippen molar-refractivity contribution in [2.75, 3.05) is 43.9 Å². The molecular weight excluding hydrogens is 562 g/mol. The topological polar surface area (TPSA) is 135 Å². The van der Waals surface area contributed by atoms with Crippen LogP contribution >= 0.6 is 11.3 Å². The molecule has 0 radical (unpaired) electrons. The average Bonchev–Trinajstić information content (AvgIpc) is 3.78. The van der Waals surface area contributed by atoms with E-state index in [0.717, 1.165) is 79.2 Å². The molecule has 12 heteroatoms. The predicted molar refractivity (Wildman–Crippen MR) is 169 cm³/mol. The number of piperidine rings is 1. The number of aromatic nitrogens is 5. The molecule has 0 saturated carbocycles. The maximum Gasteiger partial charge on any atom is 0.186 e. The zero-order chi connectivity index (χ0) is 30.1. The summed E-state index contributed by atoms with van der Waals surface area (Å²) in [7, 11) is 2.18. The number of rotatable bonds is 10. The van der Waals surface area contributed by atoms with Crippen LogP contribution in [0.15, 0.2) is 10.7 Å². The van der Waals surface area contributed by atoms with E-state index in [1.165, 1.54) is 24.2 Å². The second-order valence-corrected chi connectivity index (χ2v) is 13.0. The van der Waals surface area contributed by atoms with E-state index in [4.69, 9.17) is 30.1 Å². The van der Waals surface area contributed by atoms with Crippen molar-refractivity contribution in [1.29, 1.82) is 5.26 Å². The highest BCUT2D eigenvalue weighted by atomic mass is 32.1. The first-order chi connectivity index (χ1) is 20.9. The number of hydrogen-bond acceptors (Lipinski definition) is 11. The van der Waals surface area contributed by atoms with Gasteiger partial charge >= 0.3 is 0 Å². The molecule has 2 aliphatic heterocycles. The van der Waals surface area contributed by atoms with Crippen molar-refractivity contribution in [3.8, 4) is 28.9 Å². The molecule has 0 aliphatic carbocycles. The molecule has 228 valence electrons. The van der Waals surface area contributed by atoms with Crippen molar-refractivity contribution in [1.82, 2.24) is 29.8 Å². The van der Waals surface area contributed by atoms with Crippen molar-refractivity contribution < 1.29 is 9.26 Å². The third kappa shape index (κ3) is 5.61. The lowest BCUT2D eigenvalue weighted by Gasteiger charge is -2.32. The quantitative estimate of drug-likeness (QED) is 0.248. The van der Waals surface area contributed by atoms with Crippen LogP contribution in [-0.4, -0.2) is 69.1 Å². The lowest BCUT2D eigenvalue weighted by Crippen LogP contribution is -2.35. The van der Waals surface area contributed by atoms with Crippen molar-refractivity contribution in [3.05, 3.63) is 22.2 Å². The van der Waals surface area contributed by atoms with Crippen LogP contribution in [0, 0.1) is 17.2 Å². The summed E-state index contributed by atoms with van der Waals surface area (Å²) in [6.07, 6.45) is 8.27. The molecule has 2 N–H and O–H groups in total. The molecule has 4 aromatic heterocycles. The van der Waals surface area contributed by atoms with Crippen LogP contribution in [0.2, 0.25) is 0 Å². The molecule has 2 atom stereocenters. The predicted octanol–water partition coefficient (Wildman–Crippen LogP) is 5.48. The van der Waals surface area contributed by atoms with Gasteiger partial charge in [-0.1, -0.05) is 25.4 Å². The molecule has 4 aromatic rings. The average molecular weight is 604 g/mol. The molecule has 0 spiro atoms. The molecule has 43 heavy (non-hydrogen) atoms. The third-order valence-electron chi connectivity index (χ3n) is 8.76. The van der Waals surface area contributed by atoms with Gasteiger partial charge < -0.3 is 24.8 Å². The molecule has 6 rings (SSSR count). The van der Waals surface area contributed by atoms with E-state index < -0.39 is 0 Å². The fourth-order valence-corrected chi connectivity index (χ4v) is 7.60. The number of nitrogens with zero attached hydrogens (tertiary/aromatic N) is 8. The number of nitriles is 1. The molecule has 2 aliphatic rings. The Morgan fingerprint density at radius 2 is 2.05 bits per heavy atom. The van der Waals surface area contributed by atoms with Crippen LogP contribution in [-0.2, 0) is 24.3 Å². The summed E-state index contributed by atoms with van der Waals surface area (Å²) < 4.78 is 14.0. The number of ether oxygens (including phenoxy) is 1. The summed E-state index contributed by atoms with van der Waals surface area (Å²) in [4.78, 5) is 16.0. The van der Waals surface area contributed by atoms with E-state index in [2.05, 4.69) is 41.9 Å². The number of nitrogens with two attached hydrogens (primary N) is 1. The van der Waals surface area contributed by atoms with Crippen LogP contribution in [0.3, 0.4) is 0 Å². The third-order valence-corrected chi connectivity index (χ3v) is 9.84. The molecular formula is C31H41N9O2S.